The number of aliphatic hydroxyl groups is 1. The summed E-state index contributed by atoms with van der Waals surface area (Å²) in [5, 5.41) is 12.7. The fraction of sp³-hybridized carbons (Fsp3) is 0.824. The monoisotopic (exact) mass is 352 g/mol. The summed E-state index contributed by atoms with van der Waals surface area (Å²) in [6.07, 6.45) is 3.64. The van der Waals surface area contributed by atoms with Crippen molar-refractivity contribution in [3.05, 3.63) is 0 Å². The lowest BCUT2D eigenvalue weighted by atomic mass is 10.0. The van der Waals surface area contributed by atoms with Crippen LogP contribution in [0.2, 0.25) is 0 Å². The number of hydrogen-bond acceptors (Lipinski definition) is 4. The van der Waals surface area contributed by atoms with Gasteiger partial charge in [0.2, 0.25) is 5.91 Å². The molecule has 3 heterocycles. The van der Waals surface area contributed by atoms with Crippen LogP contribution in [0.4, 0.5) is 4.79 Å². The maximum atomic E-state index is 12.5. The summed E-state index contributed by atoms with van der Waals surface area (Å²) in [7, 11) is 0. The summed E-state index contributed by atoms with van der Waals surface area (Å²) in [4.78, 5) is 41.7. The third-order valence-corrected chi connectivity index (χ3v) is 5.45. The number of rotatable bonds is 3. The first-order chi connectivity index (χ1) is 12.1. The van der Waals surface area contributed by atoms with Gasteiger partial charge in [-0.25, -0.2) is 4.79 Å². The van der Waals surface area contributed by atoms with Crippen molar-refractivity contribution in [2.24, 2.45) is 0 Å². The molecule has 0 bridgehead atoms. The number of likely N-dealkylation sites (tertiary alicyclic amines) is 2. The molecular formula is C17H28N4O4. The van der Waals surface area contributed by atoms with E-state index in [0.717, 1.165) is 45.2 Å². The van der Waals surface area contributed by atoms with Gasteiger partial charge in [-0.05, 0) is 38.5 Å². The van der Waals surface area contributed by atoms with Crippen molar-refractivity contribution in [2.45, 2.75) is 50.7 Å². The molecule has 3 saturated heterocycles. The molecule has 3 aliphatic rings. The molecule has 3 fully saturated rings. The van der Waals surface area contributed by atoms with Crippen LogP contribution in [-0.4, -0.2) is 89.1 Å². The van der Waals surface area contributed by atoms with Gasteiger partial charge in [0.1, 0.15) is 6.10 Å². The fourth-order valence-corrected chi connectivity index (χ4v) is 3.93. The highest BCUT2D eigenvalue weighted by Crippen LogP contribution is 2.19. The largest absolute Gasteiger partial charge is 0.383 e. The lowest BCUT2D eigenvalue weighted by molar-refractivity contribution is -0.145. The van der Waals surface area contributed by atoms with Gasteiger partial charge in [-0.3, -0.25) is 9.59 Å². The molecule has 8 nitrogen and oxygen atoms in total. The van der Waals surface area contributed by atoms with E-state index in [-0.39, 0.29) is 30.4 Å². The molecule has 8 heteroatoms. The van der Waals surface area contributed by atoms with Crippen LogP contribution in [0.5, 0.6) is 0 Å². The molecule has 0 radical (unpaired) electrons. The molecule has 1 atom stereocenters. The smallest absolute Gasteiger partial charge is 0.317 e. The Morgan fingerprint density at radius 3 is 2.52 bits per heavy atom. The van der Waals surface area contributed by atoms with Crippen molar-refractivity contribution in [3.8, 4) is 0 Å². The topological polar surface area (TPSA) is 93.2 Å². The minimum atomic E-state index is -0.973. The zero-order valence-electron chi connectivity index (χ0n) is 14.7. The Balaban J connectivity index is 1.49. The van der Waals surface area contributed by atoms with E-state index in [0.29, 0.717) is 26.1 Å². The summed E-state index contributed by atoms with van der Waals surface area (Å²) in [5.41, 5.74) is 0. The van der Waals surface area contributed by atoms with E-state index >= 15 is 0 Å². The molecule has 3 aliphatic heterocycles. The molecule has 0 spiro atoms. The van der Waals surface area contributed by atoms with Gasteiger partial charge in [0.25, 0.3) is 5.91 Å². The molecule has 0 aliphatic carbocycles. The van der Waals surface area contributed by atoms with Crippen LogP contribution in [-0.2, 0) is 9.59 Å². The minimum absolute atomic E-state index is 0.000164. The van der Waals surface area contributed by atoms with Crippen molar-refractivity contribution < 1.29 is 19.5 Å². The molecule has 25 heavy (non-hydrogen) atoms. The lowest BCUT2D eigenvalue weighted by Crippen LogP contribution is -2.55. The van der Waals surface area contributed by atoms with E-state index in [4.69, 9.17) is 0 Å². The van der Waals surface area contributed by atoms with E-state index in [1.165, 1.54) is 4.90 Å². The average Bonchev–Trinajstić information content (AvgIpc) is 2.78. The summed E-state index contributed by atoms with van der Waals surface area (Å²) in [6.45, 7) is 3.32. The van der Waals surface area contributed by atoms with Crippen molar-refractivity contribution in [1.29, 1.82) is 0 Å². The van der Waals surface area contributed by atoms with Crippen LogP contribution in [0.3, 0.4) is 0 Å². The quantitative estimate of drug-likeness (QED) is 0.734. The van der Waals surface area contributed by atoms with Crippen molar-refractivity contribution in [3.63, 3.8) is 0 Å². The third-order valence-electron chi connectivity index (χ3n) is 5.45. The molecular weight excluding hydrogens is 324 g/mol. The van der Waals surface area contributed by atoms with Crippen LogP contribution in [0.25, 0.3) is 0 Å². The van der Waals surface area contributed by atoms with E-state index in [9.17, 15) is 19.5 Å². The highest BCUT2D eigenvalue weighted by Gasteiger charge is 2.32. The van der Waals surface area contributed by atoms with E-state index in [1.807, 2.05) is 4.90 Å². The van der Waals surface area contributed by atoms with Crippen LogP contribution in [0.15, 0.2) is 0 Å². The molecule has 0 aromatic heterocycles. The molecule has 0 saturated carbocycles. The number of piperidine rings is 1. The number of carbonyl (C=O) groups excluding carboxylic acids is 3. The van der Waals surface area contributed by atoms with E-state index < -0.39 is 6.10 Å². The second-order valence-electron chi connectivity index (χ2n) is 7.16. The molecule has 1 unspecified atom stereocenters. The zero-order chi connectivity index (χ0) is 17.8. The number of carbonyl (C=O) groups is 3. The van der Waals surface area contributed by atoms with Gasteiger partial charge in [0.15, 0.2) is 0 Å². The molecule has 0 aromatic rings. The summed E-state index contributed by atoms with van der Waals surface area (Å²) in [6, 6.07) is 0.186. The predicted octanol–water partition coefficient (Wildman–Crippen LogP) is -0.234. The van der Waals surface area contributed by atoms with Gasteiger partial charge >= 0.3 is 6.03 Å². The first-order valence-corrected chi connectivity index (χ1v) is 9.35. The van der Waals surface area contributed by atoms with Crippen molar-refractivity contribution in [1.82, 2.24) is 20.0 Å². The van der Waals surface area contributed by atoms with Gasteiger partial charge in [0, 0.05) is 38.8 Å². The summed E-state index contributed by atoms with van der Waals surface area (Å²) in [5.74, 6) is -0.394. The van der Waals surface area contributed by atoms with E-state index in [2.05, 4.69) is 5.32 Å². The Morgan fingerprint density at radius 2 is 1.80 bits per heavy atom. The highest BCUT2D eigenvalue weighted by atomic mass is 16.3. The lowest BCUT2D eigenvalue weighted by Gasteiger charge is -2.40. The Morgan fingerprint density at radius 1 is 1.04 bits per heavy atom. The Hall–Kier alpha value is -1.83. The second-order valence-corrected chi connectivity index (χ2v) is 7.16. The normalized spacial score (nSPS) is 26.4. The molecule has 3 rings (SSSR count). The number of urea groups is 1. The Bertz CT molecular complexity index is 519. The highest BCUT2D eigenvalue weighted by molar-refractivity contribution is 5.87. The first kappa shape index (κ1) is 18.0. The van der Waals surface area contributed by atoms with Gasteiger partial charge < -0.3 is 25.1 Å². The number of nitrogens with one attached hydrogen (secondary N) is 1. The van der Waals surface area contributed by atoms with Gasteiger partial charge in [-0.2, -0.15) is 0 Å². The van der Waals surface area contributed by atoms with Crippen LogP contribution >= 0.6 is 0 Å². The average molecular weight is 352 g/mol. The van der Waals surface area contributed by atoms with Crippen molar-refractivity contribution >= 4 is 17.8 Å². The molecule has 140 valence electrons. The fourth-order valence-electron chi connectivity index (χ4n) is 3.93. The predicted molar refractivity (Wildman–Crippen MR) is 90.8 cm³/mol. The van der Waals surface area contributed by atoms with Crippen LogP contribution in [0, 0.1) is 0 Å². The Labute approximate surface area is 148 Å². The second kappa shape index (κ2) is 8.03. The summed E-state index contributed by atoms with van der Waals surface area (Å²) >= 11 is 0. The third kappa shape index (κ3) is 4.23. The number of aliphatic hydroxyl groups excluding tert-OH is 1. The molecule has 0 aromatic carbocycles. The SMILES string of the molecule is O=C(CN1CCCCC(O)C1=O)N1CCC(N2CCCNC2=O)CC1. The molecule has 2 N–H and O–H groups in total. The number of amides is 4. The standard InChI is InChI=1S/C17H28N4O4/c22-14-4-1-2-8-20(16(14)24)12-15(23)19-10-5-13(6-11-19)21-9-3-7-18-17(21)25/h13-14,22H,1-12H2,(H,18,25). The Kier molecular flexibility index (Phi) is 5.78. The van der Waals surface area contributed by atoms with Crippen LogP contribution < -0.4 is 5.32 Å². The van der Waals surface area contributed by atoms with E-state index in [1.54, 1.807) is 4.90 Å². The van der Waals surface area contributed by atoms with Crippen LogP contribution in [0.1, 0.15) is 38.5 Å². The molecule has 4 amide bonds. The first-order valence-electron chi connectivity index (χ1n) is 9.35. The van der Waals surface area contributed by atoms with Crippen molar-refractivity contribution in [2.75, 3.05) is 39.3 Å². The van der Waals surface area contributed by atoms with Gasteiger partial charge in [0.05, 0.1) is 6.54 Å². The maximum Gasteiger partial charge on any atom is 0.317 e. The number of nitrogens with zero attached hydrogens (tertiary/aromatic N) is 3. The maximum absolute atomic E-state index is 12.5. The minimum Gasteiger partial charge on any atom is -0.383 e. The zero-order valence-corrected chi connectivity index (χ0v) is 14.7. The van der Waals surface area contributed by atoms with Gasteiger partial charge in [-0.15, -0.1) is 0 Å². The summed E-state index contributed by atoms with van der Waals surface area (Å²) < 4.78 is 0. The van der Waals surface area contributed by atoms with Gasteiger partial charge in [-0.1, -0.05) is 0 Å². The number of hydrogen-bond donors (Lipinski definition) is 2.